The number of hydrogen-bond acceptors (Lipinski definition) is 3. The molecule has 0 radical (unpaired) electrons. The van der Waals surface area contributed by atoms with Gasteiger partial charge in [-0.05, 0) is 49.7 Å². The molecular weight excluding hydrogens is 425 g/mol. The number of hydrogen-bond donors (Lipinski definition) is 0. The lowest BCUT2D eigenvalue weighted by atomic mass is 10.4. The fraction of sp³-hybridized carbons (Fsp3) is 0.273. The van der Waals surface area contributed by atoms with Gasteiger partial charge in [0.2, 0.25) is 8.32 Å². The van der Waals surface area contributed by atoms with Crippen LogP contribution in [-0.2, 0) is 12.3 Å². The van der Waals surface area contributed by atoms with Gasteiger partial charge in [0.05, 0.1) is 0 Å². The van der Waals surface area contributed by atoms with E-state index in [9.17, 15) is 0 Å². The fourth-order valence-corrected chi connectivity index (χ4v) is 19.2. The van der Waals surface area contributed by atoms with Gasteiger partial charge in [-0.15, -0.1) is 13.2 Å². The normalized spacial score (nSPS) is 13.2. The first-order valence-electron chi connectivity index (χ1n) is 9.94. The van der Waals surface area contributed by atoms with Crippen LogP contribution in [0.5, 0.6) is 0 Å². The first-order valence-corrected chi connectivity index (χ1v) is 20.5. The van der Waals surface area contributed by atoms with Crippen molar-refractivity contribution in [1.29, 1.82) is 0 Å². The lowest BCUT2D eigenvalue weighted by Crippen LogP contribution is -2.71. The molecule has 0 aliphatic heterocycles. The van der Waals surface area contributed by atoms with Gasteiger partial charge in [-0.25, -0.2) is 0 Å². The Morgan fingerprint density at radius 2 is 0.966 bits per heavy atom. The van der Waals surface area contributed by atoms with E-state index in [4.69, 9.17) is 12.3 Å². The molecule has 0 atom stereocenters. The van der Waals surface area contributed by atoms with Gasteiger partial charge in [-0.1, -0.05) is 72.1 Å². The van der Waals surface area contributed by atoms with Crippen molar-refractivity contribution >= 4 is 44.1 Å². The van der Waals surface area contributed by atoms with Crippen LogP contribution < -0.4 is 10.4 Å². The van der Waals surface area contributed by atoms with E-state index in [-0.39, 0.29) is 0 Å². The van der Waals surface area contributed by atoms with Crippen LogP contribution in [0.25, 0.3) is 0 Å². The summed E-state index contributed by atoms with van der Waals surface area (Å²) >= 11 is 0. The molecule has 0 aliphatic carbocycles. The second-order valence-electron chi connectivity index (χ2n) is 8.67. The monoisotopic (exact) mass is 458 g/mol. The Kier molecular flexibility index (Phi) is 7.61. The highest BCUT2D eigenvalue weighted by Gasteiger charge is 2.51. The van der Waals surface area contributed by atoms with Crippen molar-refractivity contribution in [2.45, 2.75) is 39.3 Å². The third-order valence-corrected chi connectivity index (χ3v) is 19.2. The molecule has 2 aromatic carbocycles. The van der Waals surface area contributed by atoms with E-state index >= 15 is 0 Å². The van der Waals surface area contributed by atoms with Gasteiger partial charge in [0.25, 0.3) is 0 Å². The molecule has 0 aromatic heterocycles. The maximum Gasteiger partial charge on any atom is 0.388 e. The lowest BCUT2D eigenvalue weighted by molar-refractivity contribution is 0.345. The molecule has 0 fully saturated rings. The summed E-state index contributed by atoms with van der Waals surface area (Å²) in [6, 6.07) is 20.7. The van der Waals surface area contributed by atoms with E-state index in [1.165, 1.54) is 0 Å². The van der Waals surface area contributed by atoms with Crippen LogP contribution in [0, 0.1) is 0 Å². The highest BCUT2D eigenvalue weighted by molar-refractivity contribution is 7.03. The van der Waals surface area contributed by atoms with Gasteiger partial charge in [0.1, 0.15) is 0 Å². The van der Waals surface area contributed by atoms with E-state index < -0.39 is 33.8 Å². The van der Waals surface area contributed by atoms with Gasteiger partial charge < -0.3 is 12.3 Å². The molecule has 0 spiro atoms. The Hall–Kier alpha value is -1.33. The van der Waals surface area contributed by atoms with Crippen LogP contribution >= 0.6 is 0 Å². The molecule has 29 heavy (non-hydrogen) atoms. The molecule has 0 unspecified atom stereocenters. The molecule has 2 aromatic rings. The SMILES string of the molecule is C=C[Si](C)(C)O[Si](C)(C)O[Si](O[Si](C)(C)C=C)(c1ccccc1)c1ccccc1. The summed E-state index contributed by atoms with van der Waals surface area (Å²) in [5, 5.41) is 2.19. The topological polar surface area (TPSA) is 27.7 Å². The summed E-state index contributed by atoms with van der Waals surface area (Å²) in [6.07, 6.45) is 0. The zero-order chi connectivity index (χ0) is 21.8. The summed E-state index contributed by atoms with van der Waals surface area (Å²) in [4.78, 5) is 0. The predicted molar refractivity (Wildman–Crippen MR) is 134 cm³/mol. The van der Waals surface area contributed by atoms with Crippen LogP contribution in [-0.4, -0.2) is 33.8 Å². The molecule has 7 heteroatoms. The highest BCUT2D eigenvalue weighted by atomic mass is 28.5. The van der Waals surface area contributed by atoms with Crippen molar-refractivity contribution in [3.8, 4) is 0 Å². The highest BCUT2D eigenvalue weighted by Crippen LogP contribution is 2.25. The first-order chi connectivity index (χ1) is 13.5. The average Bonchev–Trinajstić information content (AvgIpc) is 2.67. The third kappa shape index (κ3) is 6.32. The van der Waals surface area contributed by atoms with Crippen molar-refractivity contribution in [2.24, 2.45) is 0 Å². The van der Waals surface area contributed by atoms with Crippen LogP contribution in [0.4, 0.5) is 0 Å². The average molecular weight is 459 g/mol. The zero-order valence-corrected chi connectivity index (χ0v) is 22.6. The number of benzene rings is 2. The Labute approximate surface area is 180 Å². The van der Waals surface area contributed by atoms with E-state index in [1.54, 1.807) is 0 Å². The van der Waals surface area contributed by atoms with E-state index in [1.807, 2.05) is 47.8 Å². The van der Waals surface area contributed by atoms with E-state index in [0.29, 0.717) is 0 Å². The molecule has 0 saturated heterocycles. The second-order valence-corrected chi connectivity index (χ2v) is 23.5. The zero-order valence-electron chi connectivity index (χ0n) is 18.6. The Morgan fingerprint density at radius 3 is 1.34 bits per heavy atom. The summed E-state index contributed by atoms with van der Waals surface area (Å²) in [5.74, 6) is 0. The van der Waals surface area contributed by atoms with Crippen LogP contribution in [0.2, 0.25) is 39.3 Å². The van der Waals surface area contributed by atoms with Crippen LogP contribution in [0.15, 0.2) is 85.2 Å². The maximum atomic E-state index is 7.08. The lowest BCUT2D eigenvalue weighted by Gasteiger charge is -2.43. The molecule has 0 bridgehead atoms. The molecule has 2 rings (SSSR count). The molecule has 0 saturated carbocycles. The number of rotatable bonds is 10. The summed E-state index contributed by atoms with van der Waals surface area (Å²) < 4.78 is 20.7. The molecular formula is C22H34O3Si4. The van der Waals surface area contributed by atoms with Crippen molar-refractivity contribution in [1.82, 2.24) is 0 Å². The summed E-state index contributed by atoms with van der Waals surface area (Å²) in [6.45, 7) is 20.9. The molecule has 0 aliphatic rings. The maximum absolute atomic E-state index is 7.08. The van der Waals surface area contributed by atoms with E-state index in [0.717, 1.165) is 10.4 Å². The van der Waals surface area contributed by atoms with Gasteiger partial charge >= 0.3 is 17.1 Å². The van der Waals surface area contributed by atoms with Gasteiger partial charge in [-0.2, -0.15) is 0 Å². The van der Waals surface area contributed by atoms with Crippen molar-refractivity contribution in [3.05, 3.63) is 85.2 Å². The molecule has 156 valence electrons. The smallest absolute Gasteiger partial charge is 0.388 e. The van der Waals surface area contributed by atoms with Gasteiger partial charge in [0.15, 0.2) is 8.32 Å². The first kappa shape index (κ1) is 23.9. The largest absolute Gasteiger partial charge is 0.433 e. The Balaban J connectivity index is 2.68. The van der Waals surface area contributed by atoms with Gasteiger partial charge in [-0.3, -0.25) is 0 Å². The van der Waals surface area contributed by atoms with Gasteiger partial charge in [0, 0.05) is 0 Å². The molecule has 0 amide bonds. The third-order valence-electron chi connectivity index (χ3n) is 4.60. The van der Waals surface area contributed by atoms with Crippen molar-refractivity contribution in [3.63, 3.8) is 0 Å². The quantitative estimate of drug-likeness (QED) is 0.476. The summed E-state index contributed by atoms with van der Waals surface area (Å²) in [7, 11) is -9.80. The minimum atomic E-state index is -3.04. The molecule has 3 nitrogen and oxygen atoms in total. The predicted octanol–water partition coefficient (Wildman–Crippen LogP) is 4.86. The van der Waals surface area contributed by atoms with Crippen LogP contribution in [0.3, 0.4) is 0 Å². The van der Waals surface area contributed by atoms with E-state index in [2.05, 4.69) is 76.7 Å². The van der Waals surface area contributed by atoms with Crippen molar-refractivity contribution < 1.29 is 12.3 Å². The Morgan fingerprint density at radius 1 is 0.586 bits per heavy atom. The fourth-order valence-electron chi connectivity index (χ4n) is 3.19. The van der Waals surface area contributed by atoms with Crippen LogP contribution in [0.1, 0.15) is 0 Å². The van der Waals surface area contributed by atoms with Crippen molar-refractivity contribution in [2.75, 3.05) is 0 Å². The molecule has 0 heterocycles. The second kappa shape index (κ2) is 9.21. The Bertz CT molecular complexity index is 781. The summed E-state index contributed by atoms with van der Waals surface area (Å²) in [5.41, 5.74) is 3.94. The minimum Gasteiger partial charge on any atom is -0.433 e. The minimum absolute atomic E-state index is 1.09. The molecule has 0 N–H and O–H groups in total. The standard InChI is InChI=1S/C22H34O3Si4/c1-9-26(3,4)23-28(7,8)25-29(24-27(5,6)10-2,21-17-13-11-14-18-21)22-19-15-12-16-20-22/h9-20H,1-2H2,3-8H3.